The first-order chi connectivity index (χ1) is 14.4. The Kier molecular flexibility index (Phi) is 9.46. The first-order valence-corrected chi connectivity index (χ1v) is 11.5. The topological polar surface area (TPSA) is 127 Å². The molecule has 0 saturated carbocycles. The van der Waals surface area contributed by atoms with Crippen LogP contribution in [0, 0.1) is 0 Å². The van der Waals surface area contributed by atoms with Crippen LogP contribution >= 0.6 is 12.4 Å². The minimum absolute atomic E-state index is 0. The van der Waals surface area contributed by atoms with Crippen LogP contribution in [0.4, 0.5) is 0 Å². The lowest BCUT2D eigenvalue weighted by molar-refractivity contribution is -0.134. The van der Waals surface area contributed by atoms with Crippen molar-refractivity contribution in [1.29, 1.82) is 0 Å². The molecule has 1 amide bonds. The van der Waals surface area contributed by atoms with Gasteiger partial charge in [-0.1, -0.05) is 0 Å². The van der Waals surface area contributed by atoms with Crippen LogP contribution in [0.3, 0.4) is 0 Å². The number of ether oxygens (including phenoxy) is 3. The molecule has 1 aromatic rings. The fraction of sp³-hybridized carbons (Fsp3) is 0.684. The van der Waals surface area contributed by atoms with Crippen molar-refractivity contribution in [1.82, 2.24) is 14.8 Å². The van der Waals surface area contributed by atoms with E-state index in [1.165, 1.54) is 4.31 Å². The summed E-state index contributed by atoms with van der Waals surface area (Å²) in [5, 5.41) is 9.15. The van der Waals surface area contributed by atoms with Crippen molar-refractivity contribution in [3.63, 3.8) is 0 Å². The number of rotatable bonds is 8. The lowest BCUT2D eigenvalue weighted by Gasteiger charge is -2.40. The van der Waals surface area contributed by atoms with Crippen LogP contribution in [0.5, 0.6) is 5.75 Å². The van der Waals surface area contributed by atoms with E-state index in [1.807, 2.05) is 12.1 Å². The van der Waals surface area contributed by atoms with Gasteiger partial charge in [-0.15, -0.1) is 12.4 Å². The van der Waals surface area contributed by atoms with Gasteiger partial charge in [0.05, 0.1) is 12.8 Å². The average Bonchev–Trinajstić information content (AvgIpc) is 2.79. The summed E-state index contributed by atoms with van der Waals surface area (Å²) in [6.07, 6.45) is 2.91. The second kappa shape index (κ2) is 11.4. The Labute approximate surface area is 188 Å². The molecule has 176 valence electrons. The second-order valence-corrected chi connectivity index (χ2v) is 9.73. The summed E-state index contributed by atoms with van der Waals surface area (Å²) < 4.78 is 42.1. The van der Waals surface area contributed by atoms with Crippen LogP contribution in [0.15, 0.2) is 18.3 Å². The molecular weight excluding hydrogens is 450 g/mol. The predicted molar refractivity (Wildman–Crippen MR) is 114 cm³/mol. The summed E-state index contributed by atoms with van der Waals surface area (Å²) in [5.74, 6) is -0.104. The quantitative estimate of drug-likeness (QED) is 0.322. The highest BCUT2D eigenvalue weighted by atomic mass is 35.5. The Morgan fingerprint density at radius 1 is 1.29 bits per heavy atom. The summed E-state index contributed by atoms with van der Waals surface area (Å²) in [7, 11) is -2.35. The van der Waals surface area contributed by atoms with E-state index in [1.54, 1.807) is 18.8 Å². The lowest BCUT2D eigenvalue weighted by Crippen LogP contribution is -2.60. The molecule has 3 heterocycles. The molecule has 0 aromatic carbocycles. The van der Waals surface area contributed by atoms with E-state index in [0.717, 1.165) is 5.69 Å². The number of methoxy groups -OCH3 is 1. The van der Waals surface area contributed by atoms with E-state index in [4.69, 9.17) is 19.4 Å². The number of carbonyl (C=O) groups excluding carboxylic acids is 1. The summed E-state index contributed by atoms with van der Waals surface area (Å²) in [6, 6.07) is 3.75. The van der Waals surface area contributed by atoms with E-state index >= 15 is 0 Å². The fourth-order valence-corrected chi connectivity index (χ4v) is 6.15. The zero-order valence-electron chi connectivity index (χ0n) is 17.5. The summed E-state index contributed by atoms with van der Waals surface area (Å²) >= 11 is 0. The van der Waals surface area contributed by atoms with Gasteiger partial charge in [0.25, 0.3) is 5.91 Å². The van der Waals surface area contributed by atoms with Crippen LogP contribution in [-0.2, 0) is 24.3 Å². The number of hydrogen-bond acceptors (Lipinski definition) is 8. The Morgan fingerprint density at radius 2 is 1.97 bits per heavy atom. The molecule has 12 heteroatoms. The first kappa shape index (κ1) is 25.8. The largest absolute Gasteiger partial charge is 0.490 e. The maximum atomic E-state index is 13.3. The second-order valence-electron chi connectivity index (χ2n) is 7.49. The smallest absolute Gasteiger partial charge is 0.266 e. The molecule has 0 radical (unpaired) electrons. The normalized spacial score (nSPS) is 19.9. The molecule has 2 aliphatic rings. The van der Waals surface area contributed by atoms with Gasteiger partial charge >= 0.3 is 0 Å². The number of amides is 1. The van der Waals surface area contributed by atoms with Crippen molar-refractivity contribution < 1.29 is 32.6 Å². The van der Waals surface area contributed by atoms with E-state index < -0.39 is 20.7 Å². The predicted octanol–water partition coefficient (Wildman–Crippen LogP) is 1.09. The number of hydrogen-bond donors (Lipinski definition) is 2. The highest BCUT2D eigenvalue weighted by Gasteiger charge is 2.54. The van der Waals surface area contributed by atoms with Gasteiger partial charge in [0.15, 0.2) is 4.75 Å². The van der Waals surface area contributed by atoms with Crippen LogP contribution in [0.2, 0.25) is 0 Å². The minimum atomic E-state index is -3.95. The van der Waals surface area contributed by atoms with Crippen molar-refractivity contribution in [3.8, 4) is 5.75 Å². The maximum absolute atomic E-state index is 13.3. The Bertz CT molecular complexity index is 808. The number of nitrogens with one attached hydrogen (secondary N) is 1. The molecule has 3 rings (SSSR count). The molecule has 0 unspecified atom stereocenters. The number of aromatic nitrogens is 1. The minimum Gasteiger partial charge on any atom is -0.490 e. The van der Waals surface area contributed by atoms with Gasteiger partial charge in [0.2, 0.25) is 10.0 Å². The lowest BCUT2D eigenvalue weighted by atomic mass is 9.94. The van der Waals surface area contributed by atoms with Gasteiger partial charge in [0.1, 0.15) is 12.4 Å². The van der Waals surface area contributed by atoms with Crippen LogP contribution in [0.25, 0.3) is 0 Å². The monoisotopic (exact) mass is 479 g/mol. The summed E-state index contributed by atoms with van der Waals surface area (Å²) in [5.41, 5.74) is 2.44. The third-order valence-electron chi connectivity index (χ3n) is 5.84. The van der Waals surface area contributed by atoms with Gasteiger partial charge in [-0.3, -0.25) is 15.0 Å². The molecule has 1 aromatic heterocycles. The number of carbonyl (C=O) groups is 1. The molecule has 2 aliphatic heterocycles. The first-order valence-electron chi connectivity index (χ1n) is 10.0. The van der Waals surface area contributed by atoms with E-state index in [9.17, 15) is 13.2 Å². The SMILES string of the molecule is COCCOc1ccc(C2CCN(S(=O)(=O)C3(C(=O)NO)CCOCC3)CC2)nc1.Cl. The zero-order valence-corrected chi connectivity index (χ0v) is 19.1. The molecule has 10 nitrogen and oxygen atoms in total. The van der Waals surface area contributed by atoms with Gasteiger partial charge in [-0.05, 0) is 25.0 Å². The number of hydroxylamine groups is 1. The average molecular weight is 480 g/mol. The highest BCUT2D eigenvalue weighted by Crippen LogP contribution is 2.36. The highest BCUT2D eigenvalue weighted by molar-refractivity contribution is 7.91. The van der Waals surface area contributed by atoms with Crippen LogP contribution < -0.4 is 10.2 Å². The van der Waals surface area contributed by atoms with E-state index in [2.05, 4.69) is 4.98 Å². The Hall–Kier alpha value is -1.50. The molecule has 31 heavy (non-hydrogen) atoms. The molecular formula is C19H30ClN3O7S. The molecule has 0 bridgehead atoms. The van der Waals surface area contributed by atoms with Crippen molar-refractivity contribution >= 4 is 28.3 Å². The van der Waals surface area contributed by atoms with Crippen molar-refractivity contribution in [2.75, 3.05) is 46.6 Å². The molecule has 2 fully saturated rings. The molecule has 2 saturated heterocycles. The third kappa shape index (κ3) is 5.47. The van der Waals surface area contributed by atoms with Gasteiger partial charge in [-0.25, -0.2) is 18.2 Å². The molecule has 0 aliphatic carbocycles. The number of halogens is 1. The number of nitrogens with zero attached hydrogens (tertiary/aromatic N) is 2. The standard InChI is InChI=1S/C19H29N3O7S.ClH/c1-27-12-13-29-16-2-3-17(20-14-16)15-4-8-22(9-5-15)30(25,26)19(18(23)21-24)6-10-28-11-7-19;/h2-3,14-15,24H,4-13H2,1H3,(H,21,23);1H. The number of pyridine rings is 1. The van der Waals surface area contributed by atoms with Crippen molar-refractivity contribution in [2.45, 2.75) is 36.3 Å². The zero-order chi connectivity index (χ0) is 21.6. The van der Waals surface area contributed by atoms with E-state index in [-0.39, 0.29) is 44.4 Å². The van der Waals surface area contributed by atoms with Gasteiger partial charge in [-0.2, -0.15) is 0 Å². The Morgan fingerprint density at radius 3 is 2.52 bits per heavy atom. The van der Waals surface area contributed by atoms with Crippen LogP contribution in [0.1, 0.15) is 37.3 Å². The van der Waals surface area contributed by atoms with Gasteiger partial charge in [0, 0.05) is 57.9 Å². The Balaban J connectivity index is 0.00000341. The fourth-order valence-electron chi connectivity index (χ4n) is 4.01. The molecule has 0 atom stereocenters. The molecule has 2 N–H and O–H groups in total. The number of piperidine rings is 1. The summed E-state index contributed by atoms with van der Waals surface area (Å²) in [4.78, 5) is 16.8. The van der Waals surface area contributed by atoms with Crippen molar-refractivity contribution in [3.05, 3.63) is 24.0 Å². The maximum Gasteiger partial charge on any atom is 0.266 e. The van der Waals surface area contributed by atoms with E-state index in [0.29, 0.717) is 44.9 Å². The number of sulfonamides is 1. The third-order valence-corrected chi connectivity index (χ3v) is 8.46. The van der Waals surface area contributed by atoms with Gasteiger partial charge < -0.3 is 14.2 Å². The molecule has 0 spiro atoms. The van der Waals surface area contributed by atoms with Crippen LogP contribution in [-0.4, -0.2) is 80.2 Å². The van der Waals surface area contributed by atoms with Crippen molar-refractivity contribution in [2.24, 2.45) is 0 Å². The summed E-state index contributed by atoms with van der Waals surface area (Å²) in [6.45, 7) is 1.85.